The number of carbonyl (C=O) groups is 1. The average molecular weight is 378 g/mol. The molecule has 0 unspecified atom stereocenters. The van der Waals surface area contributed by atoms with Crippen molar-refractivity contribution in [2.24, 2.45) is 12.8 Å². The molecule has 6 nitrogen and oxygen atoms in total. The monoisotopic (exact) mass is 377 g/mol. The molecule has 0 saturated heterocycles. The first-order chi connectivity index (χ1) is 11.1. The third-order valence-corrected chi connectivity index (χ3v) is 3.32. The molecule has 0 aliphatic rings. The van der Waals surface area contributed by atoms with Gasteiger partial charge in [0.05, 0.1) is 5.69 Å². The molecule has 1 heterocycles. The van der Waals surface area contributed by atoms with Crippen LogP contribution < -0.4 is 16.2 Å². The molecule has 0 aliphatic heterocycles. The fourth-order valence-electron chi connectivity index (χ4n) is 1.84. The number of hydrazine groups is 1. The van der Waals surface area contributed by atoms with Gasteiger partial charge in [-0.15, -0.1) is 0 Å². The Bertz CT molecular complexity index is 792. The number of halogens is 4. The molecule has 3 N–H and O–H groups in total. The van der Waals surface area contributed by atoms with Gasteiger partial charge in [-0.05, 0) is 30.4 Å². The fourth-order valence-corrected chi connectivity index (χ4v) is 2.17. The third kappa shape index (κ3) is 3.95. The highest BCUT2D eigenvalue weighted by atomic mass is 35.5. The molecule has 0 atom stereocenters. The number of alkyl halides is 3. The van der Waals surface area contributed by atoms with Crippen LogP contribution in [0.5, 0.6) is 0 Å². The Morgan fingerprint density at radius 2 is 2.08 bits per heavy atom. The largest absolute Gasteiger partial charge is 0.435 e. The van der Waals surface area contributed by atoms with Crippen molar-refractivity contribution in [1.82, 2.24) is 15.2 Å². The van der Waals surface area contributed by atoms with Gasteiger partial charge in [0.25, 0.3) is 5.91 Å². The van der Waals surface area contributed by atoms with Crippen molar-refractivity contribution < 1.29 is 18.0 Å². The fraction of sp³-hybridized carbons (Fsp3) is 0.154. The highest BCUT2D eigenvalue weighted by molar-refractivity contribution is 7.80. The summed E-state index contributed by atoms with van der Waals surface area (Å²) in [6.45, 7) is 0. The molecule has 11 heteroatoms. The number of rotatable bonds is 2. The van der Waals surface area contributed by atoms with E-state index in [1.54, 1.807) is 18.2 Å². The Kier molecular flexibility index (Phi) is 4.99. The minimum atomic E-state index is -4.66. The van der Waals surface area contributed by atoms with Crippen LogP contribution in [0.1, 0.15) is 16.2 Å². The van der Waals surface area contributed by atoms with Gasteiger partial charge in [-0.25, -0.2) is 5.01 Å². The van der Waals surface area contributed by atoms with Gasteiger partial charge in [0.1, 0.15) is 5.69 Å². The van der Waals surface area contributed by atoms with E-state index in [4.69, 9.17) is 29.6 Å². The number of nitrogens with two attached hydrogens (primary N) is 1. The third-order valence-electron chi connectivity index (χ3n) is 2.90. The van der Waals surface area contributed by atoms with Gasteiger partial charge in [0.2, 0.25) is 0 Å². The summed E-state index contributed by atoms with van der Waals surface area (Å²) in [6, 6.07) is 6.87. The van der Waals surface area contributed by atoms with E-state index >= 15 is 0 Å². The molecule has 24 heavy (non-hydrogen) atoms. The number of aromatic nitrogens is 2. The Hall–Kier alpha value is -2.33. The Morgan fingerprint density at radius 3 is 2.58 bits per heavy atom. The van der Waals surface area contributed by atoms with Gasteiger partial charge in [-0.3, -0.25) is 14.9 Å². The van der Waals surface area contributed by atoms with Gasteiger partial charge in [-0.2, -0.15) is 18.3 Å². The van der Waals surface area contributed by atoms with Crippen LogP contribution in [0.15, 0.2) is 30.3 Å². The number of hydrogen-bond acceptors (Lipinski definition) is 3. The zero-order valence-corrected chi connectivity index (χ0v) is 13.7. The Balaban J connectivity index is 2.29. The molecule has 0 fully saturated rings. The zero-order chi connectivity index (χ0) is 18.1. The van der Waals surface area contributed by atoms with Crippen molar-refractivity contribution in [2.45, 2.75) is 6.18 Å². The van der Waals surface area contributed by atoms with Gasteiger partial charge in [0.15, 0.2) is 10.8 Å². The van der Waals surface area contributed by atoms with Crippen molar-refractivity contribution >= 4 is 40.5 Å². The maximum absolute atomic E-state index is 12.7. The minimum Gasteiger partial charge on any atom is -0.374 e. The Labute approximate surface area is 144 Å². The predicted molar refractivity (Wildman–Crippen MR) is 86.4 cm³/mol. The number of benzene rings is 1. The average Bonchev–Trinajstić information content (AvgIpc) is 2.86. The first-order valence-electron chi connectivity index (χ1n) is 6.37. The number of nitrogens with one attached hydrogen (secondary N) is 1. The van der Waals surface area contributed by atoms with E-state index in [-0.39, 0.29) is 10.8 Å². The SMILES string of the molecule is Cn1nc(C(F)(F)F)cc1C(=O)NN(C(N)=S)c1cccc(Cl)c1. The van der Waals surface area contributed by atoms with Gasteiger partial charge >= 0.3 is 6.18 Å². The van der Waals surface area contributed by atoms with Gasteiger partial charge in [-0.1, -0.05) is 17.7 Å². The molecule has 0 aliphatic carbocycles. The van der Waals surface area contributed by atoms with Crippen molar-refractivity contribution in [1.29, 1.82) is 0 Å². The van der Waals surface area contributed by atoms with Crippen molar-refractivity contribution in [3.8, 4) is 0 Å². The molecule has 1 aromatic carbocycles. The van der Waals surface area contributed by atoms with E-state index < -0.39 is 17.8 Å². The van der Waals surface area contributed by atoms with E-state index in [0.717, 1.165) is 9.69 Å². The van der Waals surface area contributed by atoms with Crippen molar-refractivity contribution in [3.63, 3.8) is 0 Å². The smallest absolute Gasteiger partial charge is 0.374 e. The van der Waals surface area contributed by atoms with E-state index in [1.807, 2.05) is 0 Å². The lowest BCUT2D eigenvalue weighted by molar-refractivity contribution is -0.141. The zero-order valence-electron chi connectivity index (χ0n) is 12.1. The molecule has 1 aromatic heterocycles. The van der Waals surface area contributed by atoms with Crippen molar-refractivity contribution in [2.75, 3.05) is 5.01 Å². The predicted octanol–water partition coefficient (Wildman–Crippen LogP) is 2.49. The van der Waals surface area contributed by atoms with Crippen LogP contribution in [0.3, 0.4) is 0 Å². The second kappa shape index (κ2) is 6.65. The lowest BCUT2D eigenvalue weighted by atomic mass is 10.3. The molecule has 0 bridgehead atoms. The van der Waals surface area contributed by atoms with Crippen LogP contribution in [0.4, 0.5) is 18.9 Å². The lowest BCUT2D eigenvalue weighted by Crippen LogP contribution is -2.49. The second-order valence-corrected chi connectivity index (χ2v) is 5.49. The van der Waals surface area contributed by atoms with Crippen LogP contribution in [0, 0.1) is 0 Å². The van der Waals surface area contributed by atoms with E-state index in [9.17, 15) is 18.0 Å². The summed E-state index contributed by atoms with van der Waals surface area (Å²) in [6.07, 6.45) is -4.66. The molecule has 2 aromatic rings. The number of nitrogens with zero attached hydrogens (tertiary/aromatic N) is 3. The summed E-state index contributed by atoms with van der Waals surface area (Å²) in [4.78, 5) is 12.2. The van der Waals surface area contributed by atoms with Crippen LogP contribution in [-0.4, -0.2) is 20.8 Å². The lowest BCUT2D eigenvalue weighted by Gasteiger charge is -2.23. The first kappa shape index (κ1) is 18.0. The number of thiocarbonyl (C=S) groups is 1. The second-order valence-electron chi connectivity index (χ2n) is 4.63. The standard InChI is InChI=1S/C13H11ClF3N5OS/c1-21-9(6-10(19-21)13(15,16)17)11(23)20-22(12(18)24)8-4-2-3-7(14)5-8/h2-6H,1H3,(H2,18,24)(H,20,23). The van der Waals surface area contributed by atoms with Crippen LogP contribution in [-0.2, 0) is 13.2 Å². The van der Waals surface area contributed by atoms with Crippen molar-refractivity contribution in [3.05, 3.63) is 46.7 Å². The summed E-state index contributed by atoms with van der Waals surface area (Å²) < 4.78 is 38.8. The topological polar surface area (TPSA) is 76.2 Å². The number of amides is 1. The van der Waals surface area contributed by atoms with E-state index in [2.05, 4.69) is 10.5 Å². The van der Waals surface area contributed by atoms with E-state index in [1.165, 1.54) is 13.1 Å². The number of aryl methyl sites for hydroxylation is 1. The highest BCUT2D eigenvalue weighted by Gasteiger charge is 2.35. The molecular weight excluding hydrogens is 367 g/mol. The molecule has 128 valence electrons. The molecule has 0 spiro atoms. The summed E-state index contributed by atoms with van der Waals surface area (Å²) in [5, 5.41) is 4.45. The summed E-state index contributed by atoms with van der Waals surface area (Å²) >= 11 is 10.7. The summed E-state index contributed by atoms with van der Waals surface area (Å²) in [5.74, 6) is -0.867. The number of carbonyl (C=O) groups excluding carboxylic acids is 1. The van der Waals surface area contributed by atoms with Crippen LogP contribution in [0.25, 0.3) is 0 Å². The van der Waals surface area contributed by atoms with Crippen LogP contribution >= 0.6 is 23.8 Å². The number of anilines is 1. The van der Waals surface area contributed by atoms with Gasteiger partial charge < -0.3 is 5.73 Å². The minimum absolute atomic E-state index is 0.219. The summed E-state index contributed by atoms with van der Waals surface area (Å²) in [7, 11) is 1.22. The maximum Gasteiger partial charge on any atom is 0.435 e. The molecule has 1 amide bonds. The Morgan fingerprint density at radius 1 is 1.42 bits per heavy atom. The highest BCUT2D eigenvalue weighted by Crippen LogP contribution is 2.28. The van der Waals surface area contributed by atoms with E-state index in [0.29, 0.717) is 16.8 Å². The normalized spacial score (nSPS) is 11.2. The molecule has 0 radical (unpaired) electrons. The molecule has 2 rings (SSSR count). The van der Waals surface area contributed by atoms with Crippen LogP contribution in [0.2, 0.25) is 5.02 Å². The first-order valence-corrected chi connectivity index (χ1v) is 7.15. The number of hydrogen-bond donors (Lipinski definition) is 2. The maximum atomic E-state index is 12.7. The molecule has 0 saturated carbocycles. The molecular formula is C13H11ClF3N5OS. The summed E-state index contributed by atoms with van der Waals surface area (Å²) in [5.41, 5.74) is 6.73. The quantitative estimate of drug-likeness (QED) is 0.621. The van der Waals surface area contributed by atoms with Gasteiger partial charge in [0, 0.05) is 18.1 Å².